The quantitative estimate of drug-likeness (QED) is 0.216. The van der Waals surface area contributed by atoms with Crippen molar-refractivity contribution in [3.05, 3.63) is 23.3 Å². The zero-order chi connectivity index (χ0) is 24.6. The van der Waals surface area contributed by atoms with Crippen LogP contribution in [0.15, 0.2) is 23.3 Å². The molecule has 0 spiro atoms. The highest BCUT2D eigenvalue weighted by atomic mass is 28.4. The zero-order valence-electron chi connectivity index (χ0n) is 22.6. The number of allylic oxidation sites excluding steroid dienone is 2. The van der Waals surface area contributed by atoms with Gasteiger partial charge in [0.25, 0.3) is 0 Å². The van der Waals surface area contributed by atoms with Crippen LogP contribution in [0.4, 0.5) is 0 Å². The summed E-state index contributed by atoms with van der Waals surface area (Å²) in [6.45, 7) is 23.1. The monoisotopic (exact) mass is 482 g/mol. The van der Waals surface area contributed by atoms with E-state index in [1.807, 2.05) is 19.9 Å². The molecule has 6 heteroatoms. The van der Waals surface area contributed by atoms with Gasteiger partial charge in [0.2, 0.25) is 0 Å². The van der Waals surface area contributed by atoms with Crippen LogP contribution >= 0.6 is 0 Å². The standard InChI is InChI=1S/C26H50O4Si2/c1-21(2)13-15-24(27)22(3)12-11-18-26(4)25(30-32(8,9)10)16-14-23(20-28-26)17-19-29-31(5,6)7/h13,17,22,25H,11-12,14-16,18-20H2,1-10H3/t22?,25-,26+/m1/s1. The summed E-state index contributed by atoms with van der Waals surface area (Å²) < 4.78 is 19.2. The SMILES string of the molecule is CC(C)=CCC(=O)C(C)CCC[C@]1(C)OCC(=CCO[Si](C)(C)C)CC[C@H]1O[Si](C)(C)C. The van der Waals surface area contributed by atoms with Crippen molar-refractivity contribution in [2.75, 3.05) is 13.2 Å². The summed E-state index contributed by atoms with van der Waals surface area (Å²) in [6.07, 6.45) is 9.67. The number of ether oxygens (including phenoxy) is 1. The van der Waals surface area contributed by atoms with Gasteiger partial charge in [-0.05, 0) is 97.7 Å². The summed E-state index contributed by atoms with van der Waals surface area (Å²) in [5, 5.41) is 0. The van der Waals surface area contributed by atoms with E-state index >= 15 is 0 Å². The first-order valence-electron chi connectivity index (χ1n) is 12.4. The smallest absolute Gasteiger partial charge is 0.184 e. The fourth-order valence-electron chi connectivity index (χ4n) is 3.88. The van der Waals surface area contributed by atoms with Crippen molar-refractivity contribution in [2.24, 2.45) is 5.92 Å². The van der Waals surface area contributed by atoms with Gasteiger partial charge in [0, 0.05) is 12.3 Å². The molecule has 3 atom stereocenters. The Balaban J connectivity index is 2.79. The lowest BCUT2D eigenvalue weighted by molar-refractivity contribution is -0.122. The Bertz CT molecular complexity index is 654. The Morgan fingerprint density at radius 1 is 1.19 bits per heavy atom. The molecule has 0 aliphatic carbocycles. The fourth-order valence-corrected chi connectivity index (χ4v) is 5.69. The second-order valence-corrected chi connectivity index (χ2v) is 20.9. The minimum atomic E-state index is -1.71. The van der Waals surface area contributed by atoms with Crippen molar-refractivity contribution < 1.29 is 18.4 Å². The maximum absolute atomic E-state index is 12.4. The van der Waals surface area contributed by atoms with Gasteiger partial charge in [0.05, 0.1) is 24.9 Å². The van der Waals surface area contributed by atoms with Crippen LogP contribution in [0, 0.1) is 5.92 Å². The van der Waals surface area contributed by atoms with Crippen molar-refractivity contribution in [2.45, 2.75) is 117 Å². The molecular weight excluding hydrogens is 432 g/mol. The third kappa shape index (κ3) is 12.1. The molecule has 0 radical (unpaired) electrons. The van der Waals surface area contributed by atoms with E-state index in [4.69, 9.17) is 13.6 Å². The molecule has 1 unspecified atom stereocenters. The summed E-state index contributed by atoms with van der Waals surface area (Å²) in [7, 11) is -3.22. The first-order chi connectivity index (χ1) is 14.6. The first kappa shape index (κ1) is 29.5. The summed E-state index contributed by atoms with van der Waals surface area (Å²) in [6, 6.07) is 0. The number of ketones is 1. The van der Waals surface area contributed by atoms with E-state index in [-0.39, 0.29) is 17.6 Å². The second kappa shape index (κ2) is 12.8. The third-order valence-electron chi connectivity index (χ3n) is 5.95. The fraction of sp³-hybridized carbons (Fsp3) is 0.808. The molecule has 186 valence electrons. The van der Waals surface area contributed by atoms with E-state index in [0.717, 1.165) is 32.1 Å². The molecule has 1 fully saturated rings. The van der Waals surface area contributed by atoms with Gasteiger partial charge in [-0.2, -0.15) is 0 Å². The minimum Gasteiger partial charge on any atom is -0.414 e. The predicted octanol–water partition coefficient (Wildman–Crippen LogP) is 7.29. The van der Waals surface area contributed by atoms with Crippen LogP contribution in [0.5, 0.6) is 0 Å². The van der Waals surface area contributed by atoms with Gasteiger partial charge < -0.3 is 13.6 Å². The van der Waals surface area contributed by atoms with Gasteiger partial charge in [-0.25, -0.2) is 0 Å². The van der Waals surface area contributed by atoms with E-state index in [1.54, 1.807) is 0 Å². The van der Waals surface area contributed by atoms with E-state index in [2.05, 4.69) is 59.2 Å². The molecule has 1 aliphatic heterocycles. The molecule has 0 aromatic heterocycles. The van der Waals surface area contributed by atoms with Crippen molar-refractivity contribution in [3.8, 4) is 0 Å². The minimum absolute atomic E-state index is 0.0884. The Hall–Kier alpha value is -0.536. The highest BCUT2D eigenvalue weighted by Gasteiger charge is 2.40. The normalized spacial score (nSPS) is 24.8. The van der Waals surface area contributed by atoms with Gasteiger partial charge in [-0.1, -0.05) is 24.6 Å². The molecule has 0 saturated carbocycles. The summed E-state index contributed by atoms with van der Waals surface area (Å²) in [5.41, 5.74) is 2.20. The Morgan fingerprint density at radius 3 is 2.41 bits per heavy atom. The van der Waals surface area contributed by atoms with Crippen molar-refractivity contribution >= 4 is 22.4 Å². The van der Waals surface area contributed by atoms with Gasteiger partial charge in [-0.3, -0.25) is 4.79 Å². The molecular formula is C26H50O4Si2. The Labute approximate surface area is 200 Å². The molecule has 4 nitrogen and oxygen atoms in total. The van der Waals surface area contributed by atoms with Gasteiger partial charge in [-0.15, -0.1) is 0 Å². The van der Waals surface area contributed by atoms with E-state index < -0.39 is 16.6 Å². The maximum Gasteiger partial charge on any atom is 0.184 e. The van der Waals surface area contributed by atoms with E-state index in [0.29, 0.717) is 25.4 Å². The second-order valence-electron chi connectivity index (χ2n) is 11.9. The van der Waals surface area contributed by atoms with Crippen molar-refractivity contribution in [1.82, 2.24) is 0 Å². The molecule has 0 aromatic carbocycles. The summed E-state index contributed by atoms with van der Waals surface area (Å²) in [4.78, 5) is 12.4. The number of hydrogen-bond donors (Lipinski definition) is 0. The van der Waals surface area contributed by atoms with Crippen LogP contribution in [-0.2, 0) is 18.4 Å². The lowest BCUT2D eigenvalue weighted by atomic mass is 9.87. The Morgan fingerprint density at radius 2 is 1.84 bits per heavy atom. The largest absolute Gasteiger partial charge is 0.414 e. The average molecular weight is 483 g/mol. The van der Waals surface area contributed by atoms with Crippen LogP contribution in [0.1, 0.15) is 66.2 Å². The average Bonchev–Trinajstić information content (AvgIpc) is 2.78. The van der Waals surface area contributed by atoms with Crippen molar-refractivity contribution in [1.29, 1.82) is 0 Å². The molecule has 0 aromatic rings. The zero-order valence-corrected chi connectivity index (χ0v) is 24.6. The highest BCUT2D eigenvalue weighted by Crippen LogP contribution is 2.35. The third-order valence-corrected chi connectivity index (χ3v) is 7.98. The summed E-state index contributed by atoms with van der Waals surface area (Å²) in [5.74, 6) is 0.422. The molecule has 1 saturated heterocycles. The molecule has 1 rings (SSSR count). The highest BCUT2D eigenvalue weighted by molar-refractivity contribution is 6.70. The Kier molecular flexibility index (Phi) is 11.8. The van der Waals surface area contributed by atoms with Crippen LogP contribution in [0.2, 0.25) is 39.3 Å². The van der Waals surface area contributed by atoms with Crippen LogP contribution in [0.25, 0.3) is 0 Å². The number of carbonyl (C=O) groups excluding carboxylic acids is 1. The molecule has 32 heavy (non-hydrogen) atoms. The van der Waals surface area contributed by atoms with Gasteiger partial charge in [0.15, 0.2) is 16.6 Å². The topological polar surface area (TPSA) is 44.8 Å². The molecule has 0 N–H and O–H groups in total. The van der Waals surface area contributed by atoms with Crippen LogP contribution in [-0.4, -0.2) is 47.3 Å². The molecule has 0 bridgehead atoms. The van der Waals surface area contributed by atoms with Crippen LogP contribution < -0.4 is 0 Å². The van der Waals surface area contributed by atoms with Crippen LogP contribution in [0.3, 0.4) is 0 Å². The number of hydrogen-bond acceptors (Lipinski definition) is 4. The van der Waals surface area contributed by atoms with Gasteiger partial charge >= 0.3 is 0 Å². The number of carbonyl (C=O) groups is 1. The number of rotatable bonds is 12. The predicted molar refractivity (Wildman–Crippen MR) is 141 cm³/mol. The van der Waals surface area contributed by atoms with E-state index in [9.17, 15) is 4.79 Å². The molecule has 0 amide bonds. The van der Waals surface area contributed by atoms with E-state index in [1.165, 1.54) is 11.1 Å². The first-order valence-corrected chi connectivity index (χ1v) is 19.2. The lowest BCUT2D eigenvalue weighted by Gasteiger charge is -2.39. The van der Waals surface area contributed by atoms with Gasteiger partial charge in [0.1, 0.15) is 5.78 Å². The number of Topliss-reactive ketones (excluding diaryl/α,β-unsaturated/α-hetero) is 1. The van der Waals surface area contributed by atoms with Crippen molar-refractivity contribution in [3.63, 3.8) is 0 Å². The molecule has 1 heterocycles. The lowest BCUT2D eigenvalue weighted by Crippen LogP contribution is -2.47. The maximum atomic E-state index is 12.4. The summed E-state index contributed by atoms with van der Waals surface area (Å²) >= 11 is 0. The molecule has 1 aliphatic rings.